The Balaban J connectivity index is 1.87. The van der Waals surface area contributed by atoms with E-state index in [0.29, 0.717) is 18.2 Å². The average molecular weight is 224 g/mol. The van der Waals surface area contributed by atoms with Gasteiger partial charge in [-0.3, -0.25) is 4.79 Å². The molecular weight excluding hydrogens is 208 g/mol. The molecule has 1 aliphatic rings. The van der Waals surface area contributed by atoms with E-state index in [1.165, 1.54) is 0 Å². The molecule has 2 rings (SSSR count). The van der Waals surface area contributed by atoms with E-state index in [0.717, 1.165) is 18.6 Å². The Kier molecular flexibility index (Phi) is 3.24. The van der Waals surface area contributed by atoms with E-state index in [2.05, 4.69) is 10.5 Å². The predicted octanol–water partition coefficient (Wildman–Crippen LogP) is 0.910. The molecule has 16 heavy (non-hydrogen) atoms. The number of rotatable bonds is 5. The van der Waals surface area contributed by atoms with Crippen molar-refractivity contribution in [2.24, 2.45) is 5.92 Å². The van der Waals surface area contributed by atoms with Crippen LogP contribution in [0.15, 0.2) is 10.6 Å². The SMILES string of the molecule is CC(CO)CNC(=O)c1cc(C2CC2)on1. The average Bonchev–Trinajstić information content (AvgIpc) is 3.03. The van der Waals surface area contributed by atoms with Gasteiger partial charge in [0.05, 0.1) is 0 Å². The van der Waals surface area contributed by atoms with Gasteiger partial charge in [0.2, 0.25) is 0 Å². The van der Waals surface area contributed by atoms with Crippen LogP contribution in [-0.2, 0) is 0 Å². The highest BCUT2D eigenvalue weighted by atomic mass is 16.5. The first-order valence-electron chi connectivity index (χ1n) is 5.56. The molecule has 0 bridgehead atoms. The molecule has 0 aliphatic heterocycles. The third-order valence-electron chi connectivity index (χ3n) is 2.66. The molecule has 1 fully saturated rings. The maximum absolute atomic E-state index is 11.6. The van der Waals surface area contributed by atoms with Gasteiger partial charge in [-0.15, -0.1) is 0 Å². The maximum atomic E-state index is 11.6. The second kappa shape index (κ2) is 4.65. The summed E-state index contributed by atoms with van der Waals surface area (Å²) in [5.41, 5.74) is 0.326. The number of nitrogens with zero attached hydrogens (tertiary/aromatic N) is 1. The molecule has 88 valence electrons. The predicted molar refractivity (Wildman–Crippen MR) is 57.1 cm³/mol. The number of aliphatic hydroxyl groups is 1. The quantitative estimate of drug-likeness (QED) is 0.779. The molecular formula is C11H16N2O3. The molecule has 0 radical (unpaired) electrons. The van der Waals surface area contributed by atoms with Crippen molar-refractivity contribution in [3.8, 4) is 0 Å². The Hall–Kier alpha value is -1.36. The molecule has 0 saturated heterocycles. The van der Waals surface area contributed by atoms with Gasteiger partial charge in [0, 0.05) is 25.1 Å². The van der Waals surface area contributed by atoms with E-state index < -0.39 is 0 Å². The lowest BCUT2D eigenvalue weighted by molar-refractivity contribution is 0.0933. The third-order valence-corrected chi connectivity index (χ3v) is 2.66. The number of aromatic nitrogens is 1. The zero-order valence-electron chi connectivity index (χ0n) is 9.27. The molecule has 1 aromatic rings. The van der Waals surface area contributed by atoms with E-state index in [9.17, 15) is 4.79 Å². The first-order chi connectivity index (χ1) is 7.70. The molecule has 1 amide bonds. The van der Waals surface area contributed by atoms with Crippen molar-refractivity contribution < 1.29 is 14.4 Å². The third kappa shape index (κ3) is 2.61. The van der Waals surface area contributed by atoms with Crippen molar-refractivity contribution in [2.75, 3.05) is 13.2 Å². The molecule has 1 aliphatic carbocycles. The second-order valence-electron chi connectivity index (χ2n) is 4.39. The van der Waals surface area contributed by atoms with Gasteiger partial charge < -0.3 is 14.9 Å². The van der Waals surface area contributed by atoms with Crippen LogP contribution in [0.3, 0.4) is 0 Å². The molecule has 1 unspecified atom stereocenters. The van der Waals surface area contributed by atoms with Gasteiger partial charge in [-0.1, -0.05) is 12.1 Å². The highest BCUT2D eigenvalue weighted by Gasteiger charge is 2.28. The highest BCUT2D eigenvalue weighted by Crippen LogP contribution is 2.40. The summed E-state index contributed by atoms with van der Waals surface area (Å²) in [6.45, 7) is 2.37. The van der Waals surface area contributed by atoms with Gasteiger partial charge in [-0.2, -0.15) is 0 Å². The highest BCUT2D eigenvalue weighted by molar-refractivity contribution is 5.92. The number of aliphatic hydroxyl groups excluding tert-OH is 1. The molecule has 0 aromatic carbocycles. The minimum atomic E-state index is -0.240. The van der Waals surface area contributed by atoms with Gasteiger partial charge in [0.1, 0.15) is 5.76 Å². The fraction of sp³-hybridized carbons (Fsp3) is 0.636. The van der Waals surface area contributed by atoms with Crippen LogP contribution in [0.25, 0.3) is 0 Å². The summed E-state index contributed by atoms with van der Waals surface area (Å²) in [7, 11) is 0. The Morgan fingerprint density at radius 2 is 2.50 bits per heavy atom. The minimum absolute atomic E-state index is 0.0544. The van der Waals surface area contributed by atoms with Crippen LogP contribution >= 0.6 is 0 Å². The Morgan fingerprint density at radius 3 is 3.12 bits per heavy atom. The number of amides is 1. The van der Waals surface area contributed by atoms with Gasteiger partial charge in [-0.05, 0) is 18.8 Å². The molecule has 5 nitrogen and oxygen atoms in total. The smallest absolute Gasteiger partial charge is 0.273 e. The van der Waals surface area contributed by atoms with Crippen LogP contribution in [0.1, 0.15) is 41.9 Å². The van der Waals surface area contributed by atoms with Gasteiger partial charge >= 0.3 is 0 Å². The normalized spacial score (nSPS) is 17.1. The summed E-state index contributed by atoms with van der Waals surface area (Å²) >= 11 is 0. The lowest BCUT2D eigenvalue weighted by Crippen LogP contribution is -2.29. The summed E-state index contributed by atoms with van der Waals surface area (Å²) in [4.78, 5) is 11.6. The summed E-state index contributed by atoms with van der Waals surface area (Å²) in [5.74, 6) is 1.08. The van der Waals surface area contributed by atoms with E-state index in [-0.39, 0.29) is 18.4 Å². The van der Waals surface area contributed by atoms with Crippen molar-refractivity contribution in [3.63, 3.8) is 0 Å². The lowest BCUT2D eigenvalue weighted by Gasteiger charge is -2.07. The second-order valence-corrected chi connectivity index (χ2v) is 4.39. The van der Waals surface area contributed by atoms with E-state index in [4.69, 9.17) is 9.63 Å². The largest absolute Gasteiger partial charge is 0.396 e. The molecule has 0 spiro atoms. The van der Waals surface area contributed by atoms with E-state index >= 15 is 0 Å². The van der Waals surface area contributed by atoms with Crippen LogP contribution in [-0.4, -0.2) is 29.3 Å². The topological polar surface area (TPSA) is 75.4 Å². The van der Waals surface area contributed by atoms with E-state index in [1.807, 2.05) is 6.92 Å². The van der Waals surface area contributed by atoms with Crippen LogP contribution in [0.4, 0.5) is 0 Å². The summed E-state index contributed by atoms with van der Waals surface area (Å²) in [6.07, 6.45) is 2.25. The first kappa shape index (κ1) is 11.1. The summed E-state index contributed by atoms with van der Waals surface area (Å²) < 4.78 is 5.08. The standard InChI is InChI=1S/C11H16N2O3/c1-7(6-14)5-12-11(15)9-4-10(16-13-9)8-2-3-8/h4,7-8,14H,2-3,5-6H2,1H3,(H,12,15). The van der Waals surface area contributed by atoms with Crippen molar-refractivity contribution in [2.45, 2.75) is 25.7 Å². The molecule has 1 atom stereocenters. The van der Waals surface area contributed by atoms with Crippen molar-refractivity contribution in [1.82, 2.24) is 10.5 Å². The van der Waals surface area contributed by atoms with Crippen LogP contribution < -0.4 is 5.32 Å². The minimum Gasteiger partial charge on any atom is -0.396 e. The van der Waals surface area contributed by atoms with Gasteiger partial charge in [-0.25, -0.2) is 0 Å². The Bertz CT molecular complexity index is 371. The lowest BCUT2D eigenvalue weighted by atomic mass is 10.2. The Morgan fingerprint density at radius 1 is 1.75 bits per heavy atom. The van der Waals surface area contributed by atoms with E-state index in [1.54, 1.807) is 6.07 Å². The monoisotopic (exact) mass is 224 g/mol. The molecule has 1 saturated carbocycles. The van der Waals surface area contributed by atoms with Crippen LogP contribution in [0.5, 0.6) is 0 Å². The Labute approximate surface area is 93.8 Å². The zero-order valence-corrected chi connectivity index (χ0v) is 9.27. The number of nitrogens with one attached hydrogen (secondary N) is 1. The van der Waals surface area contributed by atoms with Crippen molar-refractivity contribution in [3.05, 3.63) is 17.5 Å². The summed E-state index contributed by atoms with van der Waals surface area (Å²) in [5, 5.41) is 15.3. The molecule has 1 aromatic heterocycles. The van der Waals surface area contributed by atoms with Crippen molar-refractivity contribution in [1.29, 1.82) is 0 Å². The fourth-order valence-corrected chi connectivity index (χ4v) is 1.38. The van der Waals surface area contributed by atoms with Crippen LogP contribution in [0.2, 0.25) is 0 Å². The van der Waals surface area contributed by atoms with Crippen LogP contribution in [0, 0.1) is 5.92 Å². The van der Waals surface area contributed by atoms with Gasteiger partial charge in [0.15, 0.2) is 5.69 Å². The number of carbonyl (C=O) groups excluding carboxylic acids is 1. The zero-order chi connectivity index (χ0) is 11.5. The fourth-order valence-electron chi connectivity index (χ4n) is 1.38. The molecule has 5 heteroatoms. The number of hydrogen-bond donors (Lipinski definition) is 2. The number of hydrogen-bond acceptors (Lipinski definition) is 4. The molecule has 1 heterocycles. The molecule has 2 N–H and O–H groups in total. The first-order valence-corrected chi connectivity index (χ1v) is 5.56. The maximum Gasteiger partial charge on any atom is 0.273 e. The van der Waals surface area contributed by atoms with Crippen molar-refractivity contribution >= 4 is 5.91 Å². The number of carbonyl (C=O) groups is 1. The summed E-state index contributed by atoms with van der Waals surface area (Å²) in [6, 6.07) is 1.70. The van der Waals surface area contributed by atoms with Gasteiger partial charge in [0.25, 0.3) is 5.91 Å².